The normalized spacial score (nSPS) is 15.9. The van der Waals surface area contributed by atoms with Gasteiger partial charge in [-0.25, -0.2) is 14.8 Å². The number of pyridine rings is 1. The summed E-state index contributed by atoms with van der Waals surface area (Å²) in [5.74, 6) is 0. The number of hydrogen-bond donors (Lipinski definition) is 2. The molecule has 3 aromatic rings. The average Bonchev–Trinajstić information content (AvgIpc) is 3.39. The summed E-state index contributed by atoms with van der Waals surface area (Å²) in [5.41, 5.74) is 2.72. The van der Waals surface area contributed by atoms with Gasteiger partial charge in [0.25, 0.3) is 0 Å². The number of benzene rings is 1. The molecule has 9 heteroatoms. The number of halogens is 1. The minimum absolute atomic E-state index is 0.0205. The molecule has 1 aliphatic heterocycles. The molecule has 7 nitrogen and oxygen atoms in total. The van der Waals surface area contributed by atoms with Crippen molar-refractivity contribution in [3.05, 3.63) is 52.8 Å². The van der Waals surface area contributed by atoms with Gasteiger partial charge in [-0.15, -0.1) is 0 Å². The summed E-state index contributed by atoms with van der Waals surface area (Å²) in [6, 6.07) is 12.8. The Balaban J connectivity index is 1.69. The molecular formula is C25H26ClN5O2S. The molecule has 0 aliphatic carbocycles. The Labute approximate surface area is 208 Å². The molecule has 1 atom stereocenters. The predicted molar refractivity (Wildman–Crippen MR) is 135 cm³/mol. The minimum Gasteiger partial charge on any atom is -0.390 e. The van der Waals surface area contributed by atoms with Gasteiger partial charge in [-0.2, -0.15) is 5.26 Å². The molecule has 34 heavy (non-hydrogen) atoms. The van der Waals surface area contributed by atoms with Crippen molar-refractivity contribution < 1.29 is 9.90 Å². The first-order chi connectivity index (χ1) is 16.1. The van der Waals surface area contributed by atoms with Crippen LogP contribution in [0.15, 0.2) is 36.4 Å². The van der Waals surface area contributed by atoms with E-state index >= 15 is 0 Å². The van der Waals surface area contributed by atoms with Gasteiger partial charge in [0.15, 0.2) is 5.13 Å². The van der Waals surface area contributed by atoms with Gasteiger partial charge in [0, 0.05) is 23.8 Å². The quantitative estimate of drug-likeness (QED) is 0.431. The predicted octanol–water partition coefficient (Wildman–Crippen LogP) is 5.86. The smallest absolute Gasteiger partial charge is 0.323 e. The number of nitriles is 1. The van der Waals surface area contributed by atoms with Crippen molar-refractivity contribution in [3.8, 4) is 27.8 Å². The molecule has 1 unspecified atom stereocenters. The lowest BCUT2D eigenvalue weighted by Gasteiger charge is -2.29. The zero-order valence-electron chi connectivity index (χ0n) is 19.3. The molecule has 1 fully saturated rings. The van der Waals surface area contributed by atoms with Crippen molar-refractivity contribution in [1.82, 2.24) is 14.9 Å². The van der Waals surface area contributed by atoms with E-state index in [0.717, 1.165) is 34.5 Å². The molecule has 2 aromatic heterocycles. The van der Waals surface area contributed by atoms with Crippen molar-refractivity contribution in [2.75, 3.05) is 11.9 Å². The topological polar surface area (TPSA) is 102 Å². The van der Waals surface area contributed by atoms with Crippen molar-refractivity contribution in [2.24, 2.45) is 0 Å². The van der Waals surface area contributed by atoms with Crippen LogP contribution in [0.5, 0.6) is 0 Å². The number of aliphatic hydroxyl groups is 1. The fourth-order valence-corrected chi connectivity index (χ4v) is 5.53. The summed E-state index contributed by atoms with van der Waals surface area (Å²) in [7, 11) is 0. The first-order valence-electron chi connectivity index (χ1n) is 11.1. The molecule has 0 spiro atoms. The third-order valence-electron chi connectivity index (χ3n) is 5.66. The third kappa shape index (κ3) is 5.55. The van der Waals surface area contributed by atoms with Gasteiger partial charge in [0.05, 0.1) is 27.8 Å². The number of anilines is 1. The zero-order chi connectivity index (χ0) is 24.5. The van der Waals surface area contributed by atoms with E-state index in [4.69, 9.17) is 16.6 Å². The van der Waals surface area contributed by atoms with Crippen LogP contribution in [0.1, 0.15) is 44.4 Å². The van der Waals surface area contributed by atoms with Crippen LogP contribution in [0.2, 0.25) is 5.15 Å². The molecule has 1 saturated heterocycles. The lowest BCUT2D eigenvalue weighted by Crippen LogP contribution is -2.42. The van der Waals surface area contributed by atoms with Crippen molar-refractivity contribution in [3.63, 3.8) is 0 Å². The highest BCUT2D eigenvalue weighted by atomic mass is 35.5. The highest BCUT2D eigenvalue weighted by molar-refractivity contribution is 7.19. The molecule has 0 bridgehead atoms. The maximum Gasteiger partial charge on any atom is 0.323 e. The number of carbonyl (C=O) groups is 1. The number of aromatic nitrogens is 2. The summed E-state index contributed by atoms with van der Waals surface area (Å²) >= 11 is 7.58. The number of carbonyl (C=O) groups excluding carboxylic acids is 1. The van der Waals surface area contributed by atoms with Crippen LogP contribution in [0.25, 0.3) is 21.7 Å². The summed E-state index contributed by atoms with van der Waals surface area (Å²) < 4.78 is 0. The number of hydrogen-bond acceptors (Lipinski definition) is 6. The van der Waals surface area contributed by atoms with Gasteiger partial charge in [0.2, 0.25) is 0 Å². The second-order valence-electron chi connectivity index (χ2n) is 9.15. The Bertz CT molecular complexity index is 1240. The van der Waals surface area contributed by atoms with Crippen LogP contribution in [-0.4, -0.2) is 44.2 Å². The third-order valence-corrected chi connectivity index (χ3v) is 6.88. The number of rotatable bonds is 5. The highest BCUT2D eigenvalue weighted by Gasteiger charge is 2.33. The fraction of sp³-hybridized carbons (Fsp3) is 0.360. The number of urea groups is 1. The van der Waals surface area contributed by atoms with E-state index in [1.807, 2.05) is 25.1 Å². The van der Waals surface area contributed by atoms with Gasteiger partial charge in [0.1, 0.15) is 5.15 Å². The van der Waals surface area contributed by atoms with Crippen LogP contribution in [0.4, 0.5) is 9.93 Å². The molecule has 2 amide bonds. The number of nitrogens with zero attached hydrogens (tertiary/aromatic N) is 4. The monoisotopic (exact) mass is 495 g/mol. The van der Waals surface area contributed by atoms with Crippen LogP contribution in [0.3, 0.4) is 0 Å². The molecule has 0 saturated carbocycles. The molecule has 0 radical (unpaired) electrons. The summed E-state index contributed by atoms with van der Waals surface area (Å²) in [5, 5.41) is 23.4. The summed E-state index contributed by atoms with van der Waals surface area (Å²) in [6.07, 6.45) is 2.28. The van der Waals surface area contributed by atoms with E-state index < -0.39 is 5.60 Å². The van der Waals surface area contributed by atoms with Gasteiger partial charge < -0.3 is 10.0 Å². The first kappa shape index (κ1) is 24.1. The highest BCUT2D eigenvalue weighted by Crippen LogP contribution is 2.40. The van der Waals surface area contributed by atoms with E-state index in [0.29, 0.717) is 34.5 Å². The Morgan fingerprint density at radius 1 is 1.32 bits per heavy atom. The van der Waals surface area contributed by atoms with Crippen LogP contribution in [-0.2, 0) is 0 Å². The van der Waals surface area contributed by atoms with E-state index in [1.165, 1.54) is 11.3 Å². The lowest BCUT2D eigenvalue weighted by molar-refractivity contribution is 0.0492. The summed E-state index contributed by atoms with van der Waals surface area (Å²) in [6.45, 7) is 6.03. The summed E-state index contributed by atoms with van der Waals surface area (Å²) in [4.78, 5) is 24.7. The Hall–Kier alpha value is -2.99. The number of aryl methyl sites for hydroxylation is 1. The van der Waals surface area contributed by atoms with E-state index in [-0.39, 0.29) is 12.1 Å². The number of nitrogens with one attached hydrogen (secondary N) is 1. The van der Waals surface area contributed by atoms with E-state index in [2.05, 4.69) is 16.4 Å². The molecule has 176 valence electrons. The van der Waals surface area contributed by atoms with Crippen LogP contribution in [0, 0.1) is 18.3 Å². The van der Waals surface area contributed by atoms with Crippen LogP contribution >= 0.6 is 22.9 Å². The number of likely N-dealkylation sites (tertiary alicyclic amines) is 1. The minimum atomic E-state index is -0.848. The zero-order valence-corrected chi connectivity index (χ0v) is 20.9. The SMILES string of the molecule is Cc1cc(-c2sc(NC(=O)N3CCCC3CC(C)(C)O)nc2-c2cccc(C#N)c2)cc(Cl)n1. The first-order valence-corrected chi connectivity index (χ1v) is 12.3. The Kier molecular flexibility index (Phi) is 6.89. The second kappa shape index (κ2) is 9.71. The van der Waals surface area contributed by atoms with Crippen LogP contribution < -0.4 is 5.32 Å². The molecule has 2 N–H and O–H groups in total. The van der Waals surface area contributed by atoms with E-state index in [1.54, 1.807) is 36.9 Å². The standard InChI is InChI=1S/C25H26ClN5O2S/c1-15-10-18(12-20(26)28-15)22-21(17-7-4-6-16(11-17)14-27)29-23(34-22)30-24(32)31-9-5-8-19(31)13-25(2,3)33/h4,6-7,10-12,19,33H,5,8-9,13H2,1-3H3,(H,29,30,32). The number of amides is 2. The van der Waals surface area contributed by atoms with Crippen molar-refractivity contribution in [2.45, 2.75) is 51.7 Å². The maximum absolute atomic E-state index is 13.1. The Morgan fingerprint density at radius 3 is 2.82 bits per heavy atom. The van der Waals surface area contributed by atoms with Crippen molar-refractivity contribution in [1.29, 1.82) is 5.26 Å². The van der Waals surface area contributed by atoms with Crippen molar-refractivity contribution >= 4 is 34.1 Å². The van der Waals surface area contributed by atoms with Gasteiger partial charge in [-0.3, -0.25) is 5.32 Å². The van der Waals surface area contributed by atoms with Gasteiger partial charge in [-0.05, 0) is 69.9 Å². The molecule has 1 aromatic carbocycles. The number of thiazole rings is 1. The Morgan fingerprint density at radius 2 is 2.12 bits per heavy atom. The molecule has 1 aliphatic rings. The molecule has 3 heterocycles. The molecular weight excluding hydrogens is 470 g/mol. The average molecular weight is 496 g/mol. The van der Waals surface area contributed by atoms with E-state index in [9.17, 15) is 15.2 Å². The fourth-order valence-electron chi connectivity index (χ4n) is 4.32. The largest absolute Gasteiger partial charge is 0.390 e. The lowest BCUT2D eigenvalue weighted by atomic mass is 9.98. The second-order valence-corrected chi connectivity index (χ2v) is 10.5. The van der Waals surface area contributed by atoms with Gasteiger partial charge in [-0.1, -0.05) is 35.1 Å². The maximum atomic E-state index is 13.1. The molecule has 4 rings (SSSR count). The van der Waals surface area contributed by atoms with Gasteiger partial charge >= 0.3 is 6.03 Å².